The van der Waals surface area contributed by atoms with Gasteiger partial charge in [-0.3, -0.25) is 19.4 Å². The van der Waals surface area contributed by atoms with Gasteiger partial charge in [-0.1, -0.05) is 171 Å². The van der Waals surface area contributed by atoms with Gasteiger partial charge in [0, 0.05) is 59.1 Å². The molecule has 0 saturated heterocycles. The van der Waals surface area contributed by atoms with Crippen LogP contribution >= 0.6 is 0 Å². The van der Waals surface area contributed by atoms with Crippen molar-refractivity contribution in [2.75, 3.05) is 47.0 Å². The minimum atomic E-state index is -0.0793. The summed E-state index contributed by atoms with van der Waals surface area (Å²) in [5, 5.41) is 7.93. The molecule has 0 aliphatic carbocycles. The number of allylic oxidation sites excluding steroid dienone is 6. The Kier molecular flexibility index (Phi) is 15.5. The quantitative estimate of drug-likeness (QED) is 0.0528. The first-order chi connectivity index (χ1) is 32.5. The predicted molar refractivity (Wildman–Crippen MR) is 284 cm³/mol. The Labute approximate surface area is 396 Å². The number of hydrogen-bond acceptors (Lipinski definition) is 5. The number of fused-ring (bicyclic) bond motifs is 4. The van der Waals surface area contributed by atoms with Crippen LogP contribution in [0.1, 0.15) is 56.8 Å². The van der Waals surface area contributed by atoms with Crippen molar-refractivity contribution in [2.45, 2.75) is 40.0 Å². The zero-order chi connectivity index (χ0) is 47.6. The summed E-state index contributed by atoms with van der Waals surface area (Å²) in [6, 6.07) is 38.8. The molecule has 2 amide bonds. The fraction of sp³-hybridized carbons (Fsp3) is 0.200. The van der Waals surface area contributed by atoms with Gasteiger partial charge in [0.2, 0.25) is 0 Å². The number of amides is 2. The summed E-state index contributed by atoms with van der Waals surface area (Å²) in [4.78, 5) is 37.4. The van der Waals surface area contributed by atoms with Crippen LogP contribution in [0.15, 0.2) is 188 Å². The number of nitrogens with zero attached hydrogens (tertiary/aromatic N) is 4. The topological polar surface area (TPSA) is 73.1 Å². The molecule has 0 unspecified atom stereocenters. The maximum Gasteiger partial charge on any atom is 0.255 e. The monoisotopic (exact) mass is 885 g/mol. The maximum absolute atomic E-state index is 14.7. The van der Waals surface area contributed by atoms with E-state index in [1.165, 1.54) is 16.7 Å². The van der Waals surface area contributed by atoms with E-state index >= 15 is 0 Å². The molecule has 7 rings (SSSR count). The third-order valence-electron chi connectivity index (χ3n) is 12.5. The molecule has 0 aliphatic rings. The minimum Gasteiger partial charge on any atom is -0.398 e. The number of rotatable bonds is 18. The first-order valence-electron chi connectivity index (χ1n) is 23.0. The molecule has 340 valence electrons. The smallest absolute Gasteiger partial charge is 0.255 e. The lowest BCUT2D eigenvalue weighted by molar-refractivity contribution is 0.0780. The lowest BCUT2D eigenvalue weighted by atomic mass is 9.90. The van der Waals surface area contributed by atoms with Crippen LogP contribution in [0, 0.1) is 0 Å². The first kappa shape index (κ1) is 47.6. The highest BCUT2D eigenvalue weighted by Gasteiger charge is 2.25. The number of nitrogen functional groups attached to an aromatic ring is 1. The predicted octanol–water partition coefficient (Wildman–Crippen LogP) is 12.7. The molecule has 7 nitrogen and oxygen atoms in total. The lowest BCUT2D eigenvalue weighted by Gasteiger charge is -2.25. The van der Waals surface area contributed by atoms with Gasteiger partial charge >= 0.3 is 0 Å². The highest BCUT2D eigenvalue weighted by Crippen LogP contribution is 2.37. The molecule has 0 fully saturated rings. The molecule has 0 aliphatic heterocycles. The Morgan fingerprint density at radius 2 is 0.970 bits per heavy atom. The Hall–Kier alpha value is -7.32. The van der Waals surface area contributed by atoms with E-state index in [-0.39, 0.29) is 11.8 Å². The molecule has 0 radical (unpaired) electrons. The summed E-state index contributed by atoms with van der Waals surface area (Å²) >= 11 is 0. The highest BCUT2D eigenvalue weighted by atomic mass is 16.2. The van der Waals surface area contributed by atoms with E-state index in [4.69, 9.17) is 5.73 Å². The van der Waals surface area contributed by atoms with Gasteiger partial charge in [0.1, 0.15) is 0 Å². The number of carbonyl (C=O) groups is 2. The molecular weight excluding hydrogens is 823 g/mol. The number of likely N-dealkylation sites (N-methyl/N-ethyl adjacent to an activating group) is 2. The van der Waals surface area contributed by atoms with Gasteiger partial charge in [-0.15, -0.1) is 0 Å². The van der Waals surface area contributed by atoms with Crippen LogP contribution in [0.5, 0.6) is 0 Å². The fourth-order valence-corrected chi connectivity index (χ4v) is 9.39. The van der Waals surface area contributed by atoms with Crippen molar-refractivity contribution in [3.8, 4) is 0 Å². The zero-order valence-corrected chi connectivity index (χ0v) is 39.9. The van der Waals surface area contributed by atoms with E-state index < -0.39 is 0 Å². The highest BCUT2D eigenvalue weighted by molar-refractivity contribution is 6.21. The van der Waals surface area contributed by atoms with Gasteiger partial charge in [-0.05, 0) is 110 Å². The number of benzene rings is 7. The molecule has 67 heavy (non-hydrogen) atoms. The second-order valence-electron chi connectivity index (χ2n) is 17.5. The van der Waals surface area contributed by atoms with Crippen LogP contribution in [-0.2, 0) is 26.2 Å². The maximum atomic E-state index is 14.7. The number of hydrogen-bond donors (Lipinski definition) is 1. The fourth-order valence-electron chi connectivity index (χ4n) is 9.39. The summed E-state index contributed by atoms with van der Waals surface area (Å²) < 4.78 is 0. The van der Waals surface area contributed by atoms with E-state index in [1.807, 2.05) is 131 Å². The molecule has 7 heteroatoms. The van der Waals surface area contributed by atoms with E-state index in [0.717, 1.165) is 72.9 Å². The Morgan fingerprint density at radius 1 is 0.537 bits per heavy atom. The molecule has 0 bridgehead atoms. The van der Waals surface area contributed by atoms with Crippen molar-refractivity contribution in [3.05, 3.63) is 222 Å². The van der Waals surface area contributed by atoms with Crippen LogP contribution in [0.2, 0.25) is 0 Å². The van der Waals surface area contributed by atoms with E-state index in [1.54, 1.807) is 9.80 Å². The van der Waals surface area contributed by atoms with Crippen LogP contribution in [0.3, 0.4) is 0 Å². The van der Waals surface area contributed by atoms with Gasteiger partial charge in [-0.25, -0.2) is 0 Å². The molecule has 7 aromatic rings. The summed E-state index contributed by atoms with van der Waals surface area (Å²) in [7, 11) is 7.92. The minimum absolute atomic E-state index is 0.0653. The summed E-state index contributed by atoms with van der Waals surface area (Å²) in [5.41, 5.74) is 15.1. The van der Waals surface area contributed by atoms with E-state index in [2.05, 4.69) is 97.7 Å². The molecule has 0 heterocycles. The largest absolute Gasteiger partial charge is 0.398 e. The first-order valence-corrected chi connectivity index (χ1v) is 23.0. The second-order valence-corrected chi connectivity index (χ2v) is 17.5. The Morgan fingerprint density at radius 3 is 1.37 bits per heavy atom. The van der Waals surface area contributed by atoms with Crippen molar-refractivity contribution >= 4 is 60.6 Å². The van der Waals surface area contributed by atoms with Gasteiger partial charge < -0.3 is 15.5 Å². The van der Waals surface area contributed by atoms with Gasteiger partial charge in [0.15, 0.2) is 0 Å². The average Bonchev–Trinajstić information content (AvgIpc) is 3.33. The number of nitrogens with two attached hydrogens (primary N) is 1. The van der Waals surface area contributed by atoms with Gasteiger partial charge in [0.25, 0.3) is 11.8 Å². The molecule has 0 saturated carbocycles. The average molecular weight is 886 g/mol. The molecule has 0 aromatic heterocycles. The summed E-state index contributed by atoms with van der Waals surface area (Å²) in [5.74, 6) is -0.145. The van der Waals surface area contributed by atoms with Gasteiger partial charge in [-0.2, -0.15) is 0 Å². The van der Waals surface area contributed by atoms with Crippen molar-refractivity contribution in [2.24, 2.45) is 0 Å². The lowest BCUT2D eigenvalue weighted by Crippen LogP contribution is -2.28. The third-order valence-corrected chi connectivity index (χ3v) is 12.5. The van der Waals surface area contributed by atoms with Crippen LogP contribution in [-0.4, -0.2) is 72.7 Å². The molecule has 0 atom stereocenters. The van der Waals surface area contributed by atoms with Crippen molar-refractivity contribution < 1.29 is 9.59 Å². The van der Waals surface area contributed by atoms with Crippen molar-refractivity contribution in [1.82, 2.24) is 19.6 Å². The standard InChI is InChI=1S/C60H63N5O2/c1-9-13-24-42(12-4)36-62(5)40-54-48-27-16-20-31-52(48)58(53-32-21-17-28-49(53)54)60(67)65(8)39-45-34-33-44(35-56(45)61)38-64(7)59(66)57-50-29-18-14-25-46(50)55(47-26-15-19-30-51(47)57)41-63(6)37-43(22-10-2)23-11-3/h9-35H,2,4,36-41,61H2,1,3,5-8H3/b13-9-,23-11-,42-24+,43-22+. The second kappa shape index (κ2) is 21.8. The van der Waals surface area contributed by atoms with Crippen LogP contribution in [0.25, 0.3) is 43.1 Å². The number of carbonyl (C=O) groups excluding carboxylic acids is 2. The van der Waals surface area contributed by atoms with Crippen molar-refractivity contribution in [1.29, 1.82) is 0 Å². The number of anilines is 1. The normalized spacial score (nSPS) is 12.4. The molecule has 2 N–H and O–H groups in total. The van der Waals surface area contributed by atoms with Crippen LogP contribution < -0.4 is 5.73 Å². The van der Waals surface area contributed by atoms with Crippen LogP contribution in [0.4, 0.5) is 5.69 Å². The van der Waals surface area contributed by atoms with E-state index in [0.29, 0.717) is 43.0 Å². The third kappa shape index (κ3) is 10.5. The Bertz CT molecular complexity index is 3000. The summed E-state index contributed by atoms with van der Waals surface area (Å²) in [6.07, 6.45) is 16.1. The SMILES string of the molecule is C=C/C=C(\C=C/C)CN(C)Cc1c2ccccc2c(C(=O)N(C)Cc2ccc(CN(C)C(=O)c3c4ccccc4c(CN(C)C/C(C=C)=C/C=C\C)c4ccccc34)c(N)c2)c2ccccc12. The van der Waals surface area contributed by atoms with Crippen molar-refractivity contribution in [3.63, 3.8) is 0 Å². The summed E-state index contributed by atoms with van der Waals surface area (Å²) in [6.45, 7) is 15.5. The van der Waals surface area contributed by atoms with Gasteiger partial charge in [0.05, 0.1) is 11.1 Å². The molecule has 0 spiro atoms. The zero-order valence-electron chi connectivity index (χ0n) is 39.9. The molecular formula is C60H63N5O2. The van der Waals surface area contributed by atoms with E-state index in [9.17, 15) is 9.59 Å². The Balaban J connectivity index is 1.12. The molecule has 7 aromatic carbocycles.